The largest absolute Gasteiger partial charge is 0.361 e. The van der Waals surface area contributed by atoms with E-state index in [1.54, 1.807) is 23.1 Å². The van der Waals surface area contributed by atoms with E-state index >= 15 is 0 Å². The lowest BCUT2D eigenvalue weighted by atomic mass is 9.94. The standard InChI is InChI=1S/C21H21N9O3/c1-14-10-18(33-27-14)15-6-8-28(9-7-15)21-19(30(31)32)20(23-12-24-21)26-16-2-4-17(5-3-16)29-13-22-11-25-29/h2-5,10-13,15H,6-9H2,1H3,(H,23,24,26). The van der Waals surface area contributed by atoms with E-state index in [9.17, 15) is 10.1 Å². The van der Waals surface area contributed by atoms with Crippen molar-refractivity contribution in [3.05, 3.63) is 70.9 Å². The maximum absolute atomic E-state index is 12.0. The third-order valence-electron chi connectivity index (χ3n) is 5.64. The molecule has 3 aromatic heterocycles. The number of aromatic nitrogens is 6. The van der Waals surface area contributed by atoms with Crippen LogP contribution in [0.4, 0.5) is 23.0 Å². The predicted molar refractivity (Wildman–Crippen MR) is 119 cm³/mol. The summed E-state index contributed by atoms with van der Waals surface area (Å²) in [6.07, 6.45) is 5.98. The third-order valence-corrected chi connectivity index (χ3v) is 5.64. The summed E-state index contributed by atoms with van der Waals surface area (Å²) in [4.78, 5) is 25.8. The number of aryl methyl sites for hydroxylation is 1. The molecular weight excluding hydrogens is 426 g/mol. The van der Waals surface area contributed by atoms with Gasteiger partial charge in [0.2, 0.25) is 11.6 Å². The van der Waals surface area contributed by atoms with Crippen molar-refractivity contribution in [3.8, 4) is 5.69 Å². The van der Waals surface area contributed by atoms with E-state index in [1.807, 2.05) is 30.0 Å². The molecule has 5 rings (SSSR count). The van der Waals surface area contributed by atoms with Gasteiger partial charge in [-0.2, -0.15) is 5.10 Å². The van der Waals surface area contributed by atoms with Crippen molar-refractivity contribution >= 4 is 23.0 Å². The number of rotatable bonds is 6. The Morgan fingerprint density at radius 1 is 1.15 bits per heavy atom. The Labute approximate surface area is 188 Å². The average Bonchev–Trinajstić information content (AvgIpc) is 3.52. The Morgan fingerprint density at radius 2 is 1.94 bits per heavy atom. The highest BCUT2D eigenvalue weighted by Gasteiger charge is 2.31. The fraction of sp³-hybridized carbons (Fsp3) is 0.286. The molecule has 0 radical (unpaired) electrons. The quantitative estimate of drug-likeness (QED) is 0.345. The van der Waals surface area contributed by atoms with E-state index in [4.69, 9.17) is 4.52 Å². The number of benzene rings is 1. The van der Waals surface area contributed by atoms with Gasteiger partial charge in [0.25, 0.3) is 0 Å². The lowest BCUT2D eigenvalue weighted by Crippen LogP contribution is -2.34. The van der Waals surface area contributed by atoms with E-state index in [1.165, 1.54) is 12.7 Å². The molecule has 0 unspecified atom stereocenters. The van der Waals surface area contributed by atoms with Gasteiger partial charge in [0.15, 0.2) is 0 Å². The zero-order valence-corrected chi connectivity index (χ0v) is 17.8. The van der Waals surface area contributed by atoms with Crippen LogP contribution in [0.5, 0.6) is 0 Å². The summed E-state index contributed by atoms with van der Waals surface area (Å²) in [5.74, 6) is 1.56. The maximum atomic E-state index is 12.0. The van der Waals surface area contributed by atoms with E-state index in [0.29, 0.717) is 24.6 Å². The molecule has 4 heterocycles. The van der Waals surface area contributed by atoms with Crippen LogP contribution in [0.1, 0.15) is 30.2 Å². The Balaban J connectivity index is 1.35. The number of nitro groups is 1. The Hall–Kier alpha value is -4.35. The molecule has 0 aliphatic carbocycles. The van der Waals surface area contributed by atoms with Gasteiger partial charge in [0.1, 0.15) is 24.7 Å². The molecule has 1 N–H and O–H groups in total. The second-order valence-electron chi connectivity index (χ2n) is 7.80. The molecule has 0 saturated carbocycles. The summed E-state index contributed by atoms with van der Waals surface area (Å²) >= 11 is 0. The molecule has 1 aliphatic rings. The van der Waals surface area contributed by atoms with Gasteiger partial charge in [-0.25, -0.2) is 19.6 Å². The van der Waals surface area contributed by atoms with Crippen molar-refractivity contribution in [2.24, 2.45) is 0 Å². The average molecular weight is 447 g/mol. The topological polar surface area (TPSA) is 141 Å². The third kappa shape index (κ3) is 4.22. The summed E-state index contributed by atoms with van der Waals surface area (Å²) in [5, 5.41) is 23.1. The van der Waals surface area contributed by atoms with E-state index in [0.717, 1.165) is 30.0 Å². The van der Waals surface area contributed by atoms with Crippen LogP contribution in [0.2, 0.25) is 0 Å². The zero-order chi connectivity index (χ0) is 22.8. The van der Waals surface area contributed by atoms with Crippen LogP contribution in [0.25, 0.3) is 5.69 Å². The first-order valence-corrected chi connectivity index (χ1v) is 10.5. The number of nitrogens with one attached hydrogen (secondary N) is 1. The zero-order valence-electron chi connectivity index (χ0n) is 17.8. The molecule has 1 aromatic carbocycles. The Morgan fingerprint density at radius 3 is 2.58 bits per heavy atom. The van der Waals surface area contributed by atoms with E-state index < -0.39 is 4.92 Å². The summed E-state index contributed by atoms with van der Waals surface area (Å²) < 4.78 is 7.03. The number of hydrogen-bond acceptors (Lipinski definition) is 10. The minimum absolute atomic E-state index is 0.145. The van der Waals surface area contributed by atoms with Gasteiger partial charge in [-0.15, -0.1) is 0 Å². The second-order valence-corrected chi connectivity index (χ2v) is 7.80. The van der Waals surface area contributed by atoms with Gasteiger partial charge in [0.05, 0.1) is 16.3 Å². The number of piperidine rings is 1. The lowest BCUT2D eigenvalue weighted by Gasteiger charge is -2.31. The Kier molecular flexibility index (Phi) is 5.39. The highest BCUT2D eigenvalue weighted by molar-refractivity contribution is 5.74. The predicted octanol–water partition coefficient (Wildman–Crippen LogP) is 3.39. The number of nitrogens with zero attached hydrogens (tertiary/aromatic N) is 8. The first-order chi connectivity index (χ1) is 16.1. The van der Waals surface area contributed by atoms with Crippen LogP contribution in [0, 0.1) is 17.0 Å². The minimum atomic E-state index is -0.437. The van der Waals surface area contributed by atoms with Crippen LogP contribution >= 0.6 is 0 Å². The summed E-state index contributed by atoms with van der Waals surface area (Å²) in [7, 11) is 0. The highest BCUT2D eigenvalue weighted by Crippen LogP contribution is 2.37. The smallest absolute Gasteiger partial charge is 0.353 e. The van der Waals surface area contributed by atoms with Crippen LogP contribution in [-0.2, 0) is 0 Å². The number of anilines is 3. The van der Waals surface area contributed by atoms with Crippen molar-refractivity contribution in [1.82, 2.24) is 29.9 Å². The molecule has 0 bridgehead atoms. The van der Waals surface area contributed by atoms with Gasteiger partial charge in [0, 0.05) is 30.8 Å². The van der Waals surface area contributed by atoms with Crippen LogP contribution in [0.3, 0.4) is 0 Å². The molecule has 0 spiro atoms. The second kappa shape index (κ2) is 8.65. The van der Waals surface area contributed by atoms with Crippen LogP contribution in [0.15, 0.2) is 53.8 Å². The SMILES string of the molecule is Cc1cc(C2CCN(c3ncnc(Nc4ccc(-n5cncn5)cc4)c3[N+](=O)[O-])CC2)on1. The van der Waals surface area contributed by atoms with Crippen molar-refractivity contribution in [2.75, 3.05) is 23.3 Å². The maximum Gasteiger partial charge on any atom is 0.353 e. The van der Waals surface area contributed by atoms with Gasteiger partial charge in [-0.05, 0) is 44.0 Å². The lowest BCUT2D eigenvalue weighted by molar-refractivity contribution is -0.383. The van der Waals surface area contributed by atoms with Crippen molar-refractivity contribution < 1.29 is 9.45 Å². The molecule has 168 valence electrons. The molecule has 1 fully saturated rings. The fourth-order valence-corrected chi connectivity index (χ4v) is 3.99. The van der Waals surface area contributed by atoms with Gasteiger partial charge in [-0.3, -0.25) is 10.1 Å². The molecule has 1 saturated heterocycles. The van der Waals surface area contributed by atoms with Crippen LogP contribution in [-0.4, -0.2) is 47.9 Å². The molecule has 0 atom stereocenters. The van der Waals surface area contributed by atoms with E-state index in [-0.39, 0.29) is 17.4 Å². The van der Waals surface area contributed by atoms with Crippen molar-refractivity contribution in [2.45, 2.75) is 25.7 Å². The van der Waals surface area contributed by atoms with Crippen molar-refractivity contribution in [1.29, 1.82) is 0 Å². The molecule has 0 amide bonds. The highest BCUT2D eigenvalue weighted by atomic mass is 16.6. The molecule has 33 heavy (non-hydrogen) atoms. The van der Waals surface area contributed by atoms with Crippen molar-refractivity contribution in [3.63, 3.8) is 0 Å². The Bertz CT molecular complexity index is 1250. The summed E-state index contributed by atoms with van der Waals surface area (Å²) in [5.41, 5.74) is 2.18. The molecule has 4 aromatic rings. The first kappa shape index (κ1) is 20.5. The summed E-state index contributed by atoms with van der Waals surface area (Å²) in [6.45, 7) is 3.13. The molecular formula is C21H21N9O3. The summed E-state index contributed by atoms with van der Waals surface area (Å²) in [6, 6.07) is 9.21. The molecule has 12 heteroatoms. The van der Waals surface area contributed by atoms with Gasteiger partial charge in [-0.1, -0.05) is 5.16 Å². The monoisotopic (exact) mass is 447 g/mol. The van der Waals surface area contributed by atoms with Crippen LogP contribution < -0.4 is 10.2 Å². The van der Waals surface area contributed by atoms with Gasteiger partial charge >= 0.3 is 5.69 Å². The normalized spacial score (nSPS) is 14.4. The van der Waals surface area contributed by atoms with Gasteiger partial charge < -0.3 is 14.7 Å². The fourth-order valence-electron chi connectivity index (χ4n) is 3.99. The molecule has 12 nitrogen and oxygen atoms in total. The minimum Gasteiger partial charge on any atom is -0.361 e. The molecule has 1 aliphatic heterocycles. The first-order valence-electron chi connectivity index (χ1n) is 10.5. The number of hydrogen-bond donors (Lipinski definition) is 1. The van der Waals surface area contributed by atoms with E-state index in [2.05, 4.69) is 30.5 Å².